The molecule has 28 heavy (non-hydrogen) atoms. The summed E-state index contributed by atoms with van der Waals surface area (Å²) in [4.78, 5) is 36.8. The summed E-state index contributed by atoms with van der Waals surface area (Å²) in [6.07, 6.45) is 0. The van der Waals surface area contributed by atoms with Gasteiger partial charge in [-0.1, -0.05) is 48.5 Å². The minimum Gasteiger partial charge on any atom is -0.480 e. The van der Waals surface area contributed by atoms with E-state index in [1.54, 1.807) is 42.5 Å². The minimum atomic E-state index is -1.19. The highest BCUT2D eigenvalue weighted by molar-refractivity contribution is 6.26. The zero-order chi connectivity index (χ0) is 19.8. The fourth-order valence-electron chi connectivity index (χ4n) is 3.41. The van der Waals surface area contributed by atoms with E-state index in [0.717, 1.165) is 11.1 Å². The number of nitrogens with two attached hydrogens (primary N) is 1. The Labute approximate surface area is 160 Å². The number of rotatable bonds is 4. The zero-order valence-electron chi connectivity index (χ0n) is 14.7. The molecule has 1 atom stereocenters. The molecule has 0 fully saturated rings. The third kappa shape index (κ3) is 2.86. The molecule has 0 aromatic heterocycles. The molecule has 1 aliphatic carbocycles. The van der Waals surface area contributed by atoms with Gasteiger partial charge in [0.15, 0.2) is 5.78 Å². The second-order valence-electron chi connectivity index (χ2n) is 6.50. The molecule has 4 N–H and O–H groups in total. The van der Waals surface area contributed by atoms with E-state index in [1.165, 1.54) is 6.07 Å². The second kappa shape index (κ2) is 6.75. The van der Waals surface area contributed by atoms with Crippen LogP contribution in [0.15, 0.2) is 66.7 Å². The molecular weight excluding hydrogens is 356 g/mol. The summed E-state index contributed by atoms with van der Waals surface area (Å²) in [5, 5.41) is 11.8. The van der Waals surface area contributed by atoms with Gasteiger partial charge in [0.05, 0.1) is 5.56 Å². The molecule has 0 bridgehead atoms. The SMILES string of the molecule is N[C@@H](C(=O)O)c1cccc(NC(=O)c2cccc3c2C(=O)c2ccccc2-3)c1. The summed E-state index contributed by atoms with van der Waals surface area (Å²) in [6, 6.07) is 17.6. The lowest BCUT2D eigenvalue weighted by Crippen LogP contribution is -2.21. The lowest BCUT2D eigenvalue weighted by Gasteiger charge is -2.11. The van der Waals surface area contributed by atoms with E-state index in [0.29, 0.717) is 22.4 Å². The van der Waals surface area contributed by atoms with Gasteiger partial charge in [0.25, 0.3) is 5.91 Å². The number of hydrogen-bond donors (Lipinski definition) is 3. The summed E-state index contributed by atoms with van der Waals surface area (Å²) in [5.74, 6) is -1.79. The number of carboxylic acid groups (broad SMARTS) is 1. The van der Waals surface area contributed by atoms with Crippen molar-refractivity contribution in [2.75, 3.05) is 5.32 Å². The Morgan fingerprint density at radius 2 is 1.57 bits per heavy atom. The van der Waals surface area contributed by atoms with Crippen LogP contribution in [0.1, 0.15) is 37.9 Å². The van der Waals surface area contributed by atoms with Gasteiger partial charge in [-0.25, -0.2) is 0 Å². The standard InChI is InChI=1S/C22H16N2O4/c23-19(22(27)28)12-5-3-6-13(11-12)24-21(26)17-10-4-9-15-14-7-1-2-8-16(14)20(25)18(15)17/h1-11,19H,23H2,(H,24,26)(H,27,28)/t19-/m1/s1. The molecular formula is C22H16N2O4. The van der Waals surface area contributed by atoms with Gasteiger partial charge in [0.1, 0.15) is 6.04 Å². The third-order valence-electron chi connectivity index (χ3n) is 4.77. The van der Waals surface area contributed by atoms with Crippen LogP contribution in [-0.4, -0.2) is 22.8 Å². The van der Waals surface area contributed by atoms with Gasteiger partial charge >= 0.3 is 5.97 Å². The highest BCUT2D eigenvalue weighted by Gasteiger charge is 2.30. The highest BCUT2D eigenvalue weighted by Crippen LogP contribution is 2.38. The van der Waals surface area contributed by atoms with E-state index < -0.39 is 17.9 Å². The molecule has 1 aliphatic rings. The smallest absolute Gasteiger partial charge is 0.325 e. The van der Waals surface area contributed by atoms with Crippen molar-refractivity contribution in [3.8, 4) is 11.1 Å². The molecule has 0 radical (unpaired) electrons. The van der Waals surface area contributed by atoms with Crippen molar-refractivity contribution in [2.45, 2.75) is 6.04 Å². The molecule has 0 aliphatic heterocycles. The van der Waals surface area contributed by atoms with Crippen molar-refractivity contribution in [3.63, 3.8) is 0 Å². The number of nitrogens with one attached hydrogen (secondary N) is 1. The minimum absolute atomic E-state index is 0.182. The normalized spacial score (nSPS) is 12.8. The van der Waals surface area contributed by atoms with Crippen LogP contribution in [-0.2, 0) is 4.79 Å². The number of amides is 1. The molecule has 0 saturated carbocycles. The molecule has 4 rings (SSSR count). The Bertz CT molecular complexity index is 1140. The van der Waals surface area contributed by atoms with Gasteiger partial charge < -0.3 is 16.2 Å². The van der Waals surface area contributed by atoms with Gasteiger partial charge in [-0.05, 0) is 34.9 Å². The fourth-order valence-corrected chi connectivity index (χ4v) is 3.41. The van der Waals surface area contributed by atoms with Crippen LogP contribution in [0.2, 0.25) is 0 Å². The Hall–Kier alpha value is -3.77. The van der Waals surface area contributed by atoms with Crippen molar-refractivity contribution in [3.05, 3.63) is 89.0 Å². The first-order valence-corrected chi connectivity index (χ1v) is 8.64. The molecule has 3 aromatic carbocycles. The van der Waals surface area contributed by atoms with Crippen molar-refractivity contribution in [2.24, 2.45) is 5.73 Å². The highest BCUT2D eigenvalue weighted by atomic mass is 16.4. The summed E-state index contributed by atoms with van der Waals surface area (Å²) in [7, 11) is 0. The summed E-state index contributed by atoms with van der Waals surface area (Å²) < 4.78 is 0. The average Bonchev–Trinajstić information content (AvgIpc) is 3.00. The average molecular weight is 372 g/mol. The topological polar surface area (TPSA) is 109 Å². The molecule has 0 spiro atoms. The third-order valence-corrected chi connectivity index (χ3v) is 4.77. The Morgan fingerprint density at radius 1 is 0.893 bits per heavy atom. The molecule has 0 unspecified atom stereocenters. The number of aliphatic carboxylic acids is 1. The van der Waals surface area contributed by atoms with Crippen LogP contribution in [0.5, 0.6) is 0 Å². The molecule has 0 heterocycles. The van der Waals surface area contributed by atoms with E-state index in [4.69, 9.17) is 10.8 Å². The first kappa shape index (κ1) is 17.6. The van der Waals surface area contributed by atoms with Crippen LogP contribution < -0.4 is 11.1 Å². The van der Waals surface area contributed by atoms with Crippen LogP contribution in [0.25, 0.3) is 11.1 Å². The fraction of sp³-hybridized carbons (Fsp3) is 0.0455. The molecule has 0 saturated heterocycles. The van der Waals surface area contributed by atoms with Crippen LogP contribution >= 0.6 is 0 Å². The molecule has 138 valence electrons. The molecule has 3 aromatic rings. The van der Waals surface area contributed by atoms with Crippen LogP contribution in [0.3, 0.4) is 0 Å². The number of fused-ring (bicyclic) bond motifs is 3. The second-order valence-corrected chi connectivity index (χ2v) is 6.50. The van der Waals surface area contributed by atoms with Crippen LogP contribution in [0.4, 0.5) is 5.69 Å². The number of carbonyl (C=O) groups is 3. The summed E-state index contributed by atoms with van der Waals surface area (Å²) in [5.41, 5.74) is 9.17. The Balaban J connectivity index is 1.68. The number of carboxylic acids is 1. The lowest BCUT2D eigenvalue weighted by atomic mass is 10.00. The van der Waals surface area contributed by atoms with Gasteiger partial charge in [-0.2, -0.15) is 0 Å². The quantitative estimate of drug-likeness (QED) is 0.509. The Morgan fingerprint density at radius 3 is 2.32 bits per heavy atom. The predicted octanol–water partition coefficient (Wildman–Crippen LogP) is 3.23. The van der Waals surface area contributed by atoms with E-state index in [2.05, 4.69) is 5.32 Å². The lowest BCUT2D eigenvalue weighted by molar-refractivity contribution is -0.138. The number of carbonyl (C=O) groups excluding carboxylic acids is 2. The number of benzene rings is 3. The van der Waals surface area contributed by atoms with Gasteiger partial charge in [0.2, 0.25) is 0 Å². The maximum absolute atomic E-state index is 12.9. The van der Waals surface area contributed by atoms with Gasteiger partial charge in [0, 0.05) is 16.8 Å². The predicted molar refractivity (Wildman–Crippen MR) is 104 cm³/mol. The number of ketones is 1. The largest absolute Gasteiger partial charge is 0.480 e. The molecule has 6 heteroatoms. The van der Waals surface area contributed by atoms with Crippen molar-refractivity contribution in [1.29, 1.82) is 0 Å². The maximum Gasteiger partial charge on any atom is 0.325 e. The maximum atomic E-state index is 12.9. The summed E-state index contributed by atoms with van der Waals surface area (Å²) in [6.45, 7) is 0. The van der Waals surface area contributed by atoms with Gasteiger partial charge in [-0.15, -0.1) is 0 Å². The van der Waals surface area contributed by atoms with E-state index in [1.807, 2.05) is 18.2 Å². The number of anilines is 1. The number of hydrogen-bond acceptors (Lipinski definition) is 4. The van der Waals surface area contributed by atoms with Gasteiger partial charge in [-0.3, -0.25) is 14.4 Å². The van der Waals surface area contributed by atoms with E-state index in [9.17, 15) is 14.4 Å². The van der Waals surface area contributed by atoms with Crippen molar-refractivity contribution < 1.29 is 19.5 Å². The van der Waals surface area contributed by atoms with Crippen molar-refractivity contribution >= 4 is 23.3 Å². The zero-order valence-corrected chi connectivity index (χ0v) is 14.7. The molecule has 1 amide bonds. The first-order valence-electron chi connectivity index (χ1n) is 8.64. The molecule has 6 nitrogen and oxygen atoms in total. The van der Waals surface area contributed by atoms with Crippen LogP contribution in [0, 0.1) is 0 Å². The first-order chi connectivity index (χ1) is 13.5. The van der Waals surface area contributed by atoms with Crippen molar-refractivity contribution in [1.82, 2.24) is 0 Å². The summed E-state index contributed by atoms with van der Waals surface area (Å²) >= 11 is 0. The Kier molecular flexibility index (Phi) is 4.25. The van der Waals surface area contributed by atoms with E-state index >= 15 is 0 Å². The van der Waals surface area contributed by atoms with E-state index in [-0.39, 0.29) is 11.3 Å². The monoisotopic (exact) mass is 372 g/mol.